The van der Waals surface area contributed by atoms with Gasteiger partial charge in [0.2, 0.25) is 0 Å². The van der Waals surface area contributed by atoms with Crippen molar-refractivity contribution >= 4 is 28.8 Å². The lowest BCUT2D eigenvalue weighted by Crippen LogP contribution is -2.02. The van der Waals surface area contributed by atoms with Crippen LogP contribution in [0.2, 0.25) is 5.15 Å². The highest BCUT2D eigenvalue weighted by molar-refractivity contribution is 7.10. The van der Waals surface area contributed by atoms with Gasteiger partial charge in [-0.2, -0.15) is 5.26 Å². The molecule has 0 unspecified atom stereocenters. The van der Waals surface area contributed by atoms with Crippen LogP contribution in [0.4, 0.5) is 5.82 Å². The molecule has 2 heterocycles. The second-order valence-corrected chi connectivity index (χ2v) is 5.14. The van der Waals surface area contributed by atoms with Crippen molar-refractivity contribution in [1.82, 2.24) is 4.98 Å². The van der Waals surface area contributed by atoms with Crippen LogP contribution in [0.1, 0.15) is 22.9 Å². The summed E-state index contributed by atoms with van der Waals surface area (Å²) >= 11 is 7.57. The Labute approximate surface area is 115 Å². The maximum atomic E-state index is 8.86. The lowest BCUT2D eigenvalue weighted by molar-refractivity contribution is 1.07. The van der Waals surface area contributed by atoms with Crippen molar-refractivity contribution in [3.63, 3.8) is 0 Å². The number of nitriles is 1. The van der Waals surface area contributed by atoms with E-state index in [1.165, 1.54) is 10.4 Å². The molecule has 0 saturated carbocycles. The standard InChI is InChI=1S/C13H12ClN3S/c1-2-10-3-4-18-11(10)8-16-13-6-9(7-15)5-12(14)17-13/h3-6H,2,8H2,1H3,(H,16,17). The van der Waals surface area contributed by atoms with E-state index in [1.807, 2.05) is 0 Å². The Morgan fingerprint density at radius 2 is 2.33 bits per heavy atom. The van der Waals surface area contributed by atoms with E-state index >= 15 is 0 Å². The molecule has 3 nitrogen and oxygen atoms in total. The molecule has 0 fully saturated rings. The van der Waals surface area contributed by atoms with Crippen LogP contribution in [0.5, 0.6) is 0 Å². The highest BCUT2D eigenvalue weighted by Gasteiger charge is 2.04. The molecule has 92 valence electrons. The number of aryl methyl sites for hydroxylation is 1. The molecule has 1 N–H and O–H groups in total. The van der Waals surface area contributed by atoms with E-state index in [0.29, 0.717) is 23.1 Å². The second kappa shape index (κ2) is 5.85. The van der Waals surface area contributed by atoms with E-state index in [1.54, 1.807) is 23.5 Å². The number of nitrogens with one attached hydrogen (secondary N) is 1. The normalized spacial score (nSPS) is 10.1. The lowest BCUT2D eigenvalue weighted by Gasteiger charge is -2.06. The topological polar surface area (TPSA) is 48.7 Å². The number of anilines is 1. The fourth-order valence-electron chi connectivity index (χ4n) is 1.66. The molecule has 0 atom stereocenters. The van der Waals surface area contributed by atoms with Crippen LogP contribution >= 0.6 is 22.9 Å². The Bertz CT molecular complexity index is 586. The molecular weight excluding hydrogens is 266 g/mol. The summed E-state index contributed by atoms with van der Waals surface area (Å²) in [7, 11) is 0. The van der Waals surface area contributed by atoms with Gasteiger partial charge in [-0.1, -0.05) is 18.5 Å². The van der Waals surface area contributed by atoms with Gasteiger partial charge in [0, 0.05) is 4.88 Å². The van der Waals surface area contributed by atoms with E-state index in [2.05, 4.69) is 34.7 Å². The van der Waals surface area contributed by atoms with Crippen LogP contribution in [0.3, 0.4) is 0 Å². The largest absolute Gasteiger partial charge is 0.365 e. The number of halogens is 1. The Morgan fingerprint density at radius 3 is 3.06 bits per heavy atom. The Hall–Kier alpha value is -1.57. The first kappa shape index (κ1) is 12.9. The Kier molecular flexibility index (Phi) is 4.19. The third kappa shape index (κ3) is 3.00. The Balaban J connectivity index is 2.11. The van der Waals surface area contributed by atoms with Crippen molar-refractivity contribution in [1.29, 1.82) is 5.26 Å². The molecule has 2 aromatic rings. The summed E-state index contributed by atoms with van der Waals surface area (Å²) in [4.78, 5) is 5.43. The van der Waals surface area contributed by atoms with Gasteiger partial charge in [0.25, 0.3) is 0 Å². The third-order valence-corrected chi connectivity index (χ3v) is 3.73. The Morgan fingerprint density at radius 1 is 1.50 bits per heavy atom. The smallest absolute Gasteiger partial charge is 0.132 e. The summed E-state index contributed by atoms with van der Waals surface area (Å²) in [5, 5.41) is 14.5. The highest BCUT2D eigenvalue weighted by atomic mass is 35.5. The van der Waals surface area contributed by atoms with Crippen molar-refractivity contribution < 1.29 is 0 Å². The molecule has 0 spiro atoms. The van der Waals surface area contributed by atoms with E-state index in [0.717, 1.165) is 6.42 Å². The number of aromatic nitrogens is 1. The number of hydrogen-bond acceptors (Lipinski definition) is 4. The summed E-state index contributed by atoms with van der Waals surface area (Å²) in [6.07, 6.45) is 1.02. The predicted molar refractivity (Wildman–Crippen MR) is 75.0 cm³/mol. The summed E-state index contributed by atoms with van der Waals surface area (Å²) in [6, 6.07) is 7.45. The van der Waals surface area contributed by atoms with Gasteiger partial charge < -0.3 is 5.32 Å². The summed E-state index contributed by atoms with van der Waals surface area (Å²) in [6.45, 7) is 2.84. The zero-order valence-electron chi connectivity index (χ0n) is 9.90. The van der Waals surface area contributed by atoms with Gasteiger partial charge in [-0.3, -0.25) is 0 Å². The van der Waals surface area contributed by atoms with E-state index in [4.69, 9.17) is 16.9 Å². The molecule has 18 heavy (non-hydrogen) atoms. The van der Waals surface area contributed by atoms with Gasteiger partial charge in [-0.15, -0.1) is 11.3 Å². The van der Waals surface area contributed by atoms with E-state index in [9.17, 15) is 0 Å². The first-order valence-electron chi connectivity index (χ1n) is 5.59. The fourth-order valence-corrected chi connectivity index (χ4v) is 2.78. The molecule has 0 aliphatic rings. The first-order chi connectivity index (χ1) is 8.72. The third-order valence-electron chi connectivity index (χ3n) is 2.57. The van der Waals surface area contributed by atoms with Gasteiger partial charge in [-0.25, -0.2) is 4.98 Å². The maximum Gasteiger partial charge on any atom is 0.132 e. The number of pyridine rings is 1. The minimum Gasteiger partial charge on any atom is -0.365 e. The molecule has 0 bridgehead atoms. The minimum absolute atomic E-state index is 0.332. The van der Waals surface area contributed by atoms with Crippen molar-refractivity contribution in [2.45, 2.75) is 19.9 Å². The average Bonchev–Trinajstić information content (AvgIpc) is 2.83. The minimum atomic E-state index is 0.332. The van der Waals surface area contributed by atoms with Crippen molar-refractivity contribution in [3.05, 3.63) is 44.7 Å². The van der Waals surface area contributed by atoms with Gasteiger partial charge >= 0.3 is 0 Å². The summed E-state index contributed by atoms with van der Waals surface area (Å²) < 4.78 is 0. The van der Waals surface area contributed by atoms with Gasteiger partial charge in [0.1, 0.15) is 11.0 Å². The number of nitrogens with zero attached hydrogens (tertiary/aromatic N) is 2. The van der Waals surface area contributed by atoms with Gasteiger partial charge in [0.05, 0.1) is 18.2 Å². The molecular formula is C13H12ClN3S. The second-order valence-electron chi connectivity index (χ2n) is 3.75. The molecule has 2 aromatic heterocycles. The van der Waals surface area contributed by atoms with Crippen LogP contribution in [0, 0.1) is 11.3 Å². The molecule has 0 aromatic carbocycles. The lowest BCUT2D eigenvalue weighted by atomic mass is 10.2. The highest BCUT2D eigenvalue weighted by Crippen LogP contribution is 2.20. The molecule has 0 aliphatic carbocycles. The number of thiophene rings is 1. The quantitative estimate of drug-likeness (QED) is 0.864. The monoisotopic (exact) mass is 277 g/mol. The van der Waals surface area contributed by atoms with E-state index < -0.39 is 0 Å². The van der Waals surface area contributed by atoms with Crippen LogP contribution in [0.15, 0.2) is 23.6 Å². The zero-order valence-corrected chi connectivity index (χ0v) is 11.5. The van der Waals surface area contributed by atoms with Crippen LogP contribution in [-0.2, 0) is 13.0 Å². The number of hydrogen-bond donors (Lipinski definition) is 1. The molecule has 0 saturated heterocycles. The first-order valence-corrected chi connectivity index (χ1v) is 6.85. The van der Waals surface area contributed by atoms with Crippen molar-refractivity contribution in [2.24, 2.45) is 0 Å². The maximum absolute atomic E-state index is 8.86. The van der Waals surface area contributed by atoms with Crippen LogP contribution < -0.4 is 5.32 Å². The van der Waals surface area contributed by atoms with Crippen molar-refractivity contribution in [3.8, 4) is 6.07 Å². The number of rotatable bonds is 4. The van der Waals surface area contributed by atoms with E-state index in [-0.39, 0.29) is 0 Å². The van der Waals surface area contributed by atoms with Gasteiger partial charge in [0.15, 0.2) is 0 Å². The summed E-state index contributed by atoms with van der Waals surface area (Å²) in [5.74, 6) is 0.634. The molecule has 5 heteroatoms. The summed E-state index contributed by atoms with van der Waals surface area (Å²) in [5.41, 5.74) is 1.86. The van der Waals surface area contributed by atoms with Crippen molar-refractivity contribution in [2.75, 3.05) is 5.32 Å². The average molecular weight is 278 g/mol. The SMILES string of the molecule is CCc1ccsc1CNc1cc(C#N)cc(Cl)n1. The zero-order chi connectivity index (χ0) is 13.0. The molecule has 0 aliphatic heterocycles. The van der Waals surface area contributed by atoms with Gasteiger partial charge in [-0.05, 0) is 35.6 Å². The van der Waals surface area contributed by atoms with Crippen LogP contribution in [0.25, 0.3) is 0 Å². The molecule has 2 rings (SSSR count). The molecule has 0 radical (unpaired) electrons. The van der Waals surface area contributed by atoms with Crippen LogP contribution in [-0.4, -0.2) is 4.98 Å². The molecule has 0 amide bonds. The predicted octanol–water partition coefficient (Wildman–Crippen LogP) is 3.84. The fraction of sp³-hybridized carbons (Fsp3) is 0.231.